The second kappa shape index (κ2) is 10.8. The largest absolute Gasteiger partial charge is 0.493 e. The van der Waals surface area contributed by atoms with Crippen LogP contribution in [-0.4, -0.2) is 27.4 Å². The van der Waals surface area contributed by atoms with Crippen molar-refractivity contribution in [3.8, 4) is 23.0 Å². The highest BCUT2D eigenvalue weighted by Crippen LogP contribution is 2.39. The molecule has 0 fully saturated rings. The van der Waals surface area contributed by atoms with Gasteiger partial charge in [-0.3, -0.25) is 0 Å². The van der Waals surface area contributed by atoms with Gasteiger partial charge in [-0.2, -0.15) is 0 Å². The molecule has 0 aromatic heterocycles. The smallest absolute Gasteiger partial charge is 0.203 e. The Morgan fingerprint density at radius 3 is 2.00 bits per heavy atom. The van der Waals surface area contributed by atoms with E-state index in [1.165, 1.54) is 5.56 Å². The molecule has 0 aliphatic carbocycles. The van der Waals surface area contributed by atoms with Gasteiger partial charge in [0.05, 0.1) is 27.4 Å². The molecule has 5 nitrogen and oxygen atoms in total. The number of hydrogen-bond acceptors (Lipinski definition) is 5. The van der Waals surface area contributed by atoms with E-state index in [-0.39, 0.29) is 18.5 Å². The van der Waals surface area contributed by atoms with Gasteiger partial charge >= 0.3 is 0 Å². The van der Waals surface area contributed by atoms with Gasteiger partial charge in [-0.1, -0.05) is 18.2 Å². The summed E-state index contributed by atoms with van der Waals surface area (Å²) < 4.78 is 21.9. The number of hydrogen-bond donors (Lipinski definition) is 1. The van der Waals surface area contributed by atoms with Gasteiger partial charge in [-0.15, -0.1) is 12.4 Å². The molecule has 0 radical (unpaired) electrons. The van der Waals surface area contributed by atoms with Crippen molar-refractivity contribution in [3.63, 3.8) is 0 Å². The van der Waals surface area contributed by atoms with Crippen LogP contribution in [0.25, 0.3) is 0 Å². The first-order chi connectivity index (χ1) is 12.1. The van der Waals surface area contributed by atoms with Gasteiger partial charge in [0.2, 0.25) is 5.75 Å². The summed E-state index contributed by atoms with van der Waals surface area (Å²) in [6.07, 6.45) is 0.182. The van der Waals surface area contributed by atoms with E-state index in [1.54, 1.807) is 21.3 Å². The standard InChI is InChI=1S/C20H27NO4.ClH/c1-14(2)25-17-9-6-15(7-10-17)12-21-13-16-8-11-18(22-3)20(24-5)19(16)23-4;/h6-11,14,21H,12-13H2,1-5H3;1H. The third-order valence-corrected chi connectivity index (χ3v) is 3.73. The molecule has 0 bridgehead atoms. The van der Waals surface area contributed by atoms with Gasteiger partial charge in [-0.05, 0) is 37.6 Å². The molecule has 6 heteroatoms. The summed E-state index contributed by atoms with van der Waals surface area (Å²) in [6.45, 7) is 5.45. The Morgan fingerprint density at radius 1 is 0.808 bits per heavy atom. The molecule has 0 saturated heterocycles. The maximum atomic E-state index is 5.66. The summed E-state index contributed by atoms with van der Waals surface area (Å²) >= 11 is 0. The third kappa shape index (κ3) is 5.71. The molecule has 0 saturated carbocycles. The number of halogens is 1. The predicted octanol–water partition coefficient (Wildman–Crippen LogP) is 4.21. The molecule has 144 valence electrons. The topological polar surface area (TPSA) is 49.0 Å². The quantitative estimate of drug-likeness (QED) is 0.705. The zero-order valence-electron chi connectivity index (χ0n) is 16.0. The molecule has 0 spiro atoms. The van der Waals surface area contributed by atoms with Crippen molar-refractivity contribution in [2.45, 2.75) is 33.0 Å². The molecule has 0 heterocycles. The van der Waals surface area contributed by atoms with Crippen LogP contribution in [0.1, 0.15) is 25.0 Å². The molecule has 1 N–H and O–H groups in total. The van der Waals surface area contributed by atoms with E-state index in [1.807, 2.05) is 38.1 Å². The Morgan fingerprint density at radius 2 is 1.46 bits per heavy atom. The van der Waals surface area contributed by atoms with Crippen molar-refractivity contribution < 1.29 is 18.9 Å². The third-order valence-electron chi connectivity index (χ3n) is 3.73. The Hall–Kier alpha value is -2.11. The number of nitrogens with one attached hydrogen (secondary N) is 1. The first kappa shape index (κ1) is 21.9. The highest BCUT2D eigenvalue weighted by Gasteiger charge is 2.15. The monoisotopic (exact) mass is 381 g/mol. The highest BCUT2D eigenvalue weighted by atomic mass is 35.5. The van der Waals surface area contributed by atoms with E-state index in [4.69, 9.17) is 18.9 Å². The lowest BCUT2D eigenvalue weighted by atomic mass is 10.1. The van der Waals surface area contributed by atoms with E-state index in [2.05, 4.69) is 17.4 Å². The molecule has 2 aromatic carbocycles. The molecule has 2 rings (SSSR count). The van der Waals surface area contributed by atoms with Gasteiger partial charge in [0.15, 0.2) is 11.5 Å². The van der Waals surface area contributed by atoms with Crippen molar-refractivity contribution >= 4 is 12.4 Å². The first-order valence-corrected chi connectivity index (χ1v) is 8.33. The van der Waals surface area contributed by atoms with Crippen LogP contribution in [0.2, 0.25) is 0 Å². The van der Waals surface area contributed by atoms with Gasteiger partial charge in [0.25, 0.3) is 0 Å². The van der Waals surface area contributed by atoms with Gasteiger partial charge in [0.1, 0.15) is 5.75 Å². The molecule has 0 aliphatic rings. The summed E-state index contributed by atoms with van der Waals surface area (Å²) in [5.41, 5.74) is 2.20. The fourth-order valence-corrected chi connectivity index (χ4v) is 2.60. The van der Waals surface area contributed by atoms with Crippen molar-refractivity contribution in [2.75, 3.05) is 21.3 Å². The van der Waals surface area contributed by atoms with Crippen LogP contribution >= 0.6 is 12.4 Å². The van der Waals surface area contributed by atoms with Crippen molar-refractivity contribution in [2.24, 2.45) is 0 Å². The summed E-state index contributed by atoms with van der Waals surface area (Å²) in [5, 5.41) is 3.42. The van der Waals surface area contributed by atoms with Crippen molar-refractivity contribution in [1.82, 2.24) is 5.32 Å². The maximum Gasteiger partial charge on any atom is 0.203 e. The number of rotatable bonds is 9. The second-order valence-corrected chi connectivity index (χ2v) is 5.91. The fraction of sp³-hybridized carbons (Fsp3) is 0.400. The van der Waals surface area contributed by atoms with Crippen LogP contribution in [-0.2, 0) is 13.1 Å². The molecule has 0 aliphatic heterocycles. The average Bonchev–Trinajstić information content (AvgIpc) is 2.62. The fourth-order valence-electron chi connectivity index (χ4n) is 2.60. The Balaban J connectivity index is 0.00000338. The van der Waals surface area contributed by atoms with E-state index in [9.17, 15) is 0 Å². The van der Waals surface area contributed by atoms with Gasteiger partial charge in [0, 0.05) is 18.7 Å². The van der Waals surface area contributed by atoms with Crippen LogP contribution in [0.15, 0.2) is 36.4 Å². The summed E-state index contributed by atoms with van der Waals surface area (Å²) in [4.78, 5) is 0. The predicted molar refractivity (Wildman–Crippen MR) is 106 cm³/mol. The molecule has 0 unspecified atom stereocenters. The van der Waals surface area contributed by atoms with E-state index in [0.717, 1.165) is 17.9 Å². The lowest BCUT2D eigenvalue weighted by molar-refractivity contribution is 0.242. The lowest BCUT2D eigenvalue weighted by Crippen LogP contribution is -2.14. The van der Waals surface area contributed by atoms with Crippen LogP contribution in [0.3, 0.4) is 0 Å². The van der Waals surface area contributed by atoms with E-state index < -0.39 is 0 Å². The molecular formula is C20H28ClNO4. The minimum Gasteiger partial charge on any atom is -0.493 e. The number of benzene rings is 2. The summed E-state index contributed by atoms with van der Waals surface area (Å²) in [7, 11) is 4.86. The van der Waals surface area contributed by atoms with Gasteiger partial charge < -0.3 is 24.3 Å². The minimum atomic E-state index is 0. The minimum absolute atomic E-state index is 0. The Kier molecular flexibility index (Phi) is 9.10. The lowest BCUT2D eigenvalue weighted by Gasteiger charge is -2.16. The molecule has 0 amide bonds. The van der Waals surface area contributed by atoms with Crippen LogP contribution in [0, 0.1) is 0 Å². The maximum absolute atomic E-state index is 5.66. The normalized spacial score (nSPS) is 10.2. The average molecular weight is 382 g/mol. The number of methoxy groups -OCH3 is 3. The SMILES string of the molecule is COc1ccc(CNCc2ccc(OC(C)C)cc2)c(OC)c1OC.Cl. The van der Waals surface area contributed by atoms with Crippen molar-refractivity contribution in [3.05, 3.63) is 47.5 Å². The molecule has 0 atom stereocenters. The Labute approximate surface area is 162 Å². The zero-order valence-corrected chi connectivity index (χ0v) is 16.8. The summed E-state index contributed by atoms with van der Waals surface area (Å²) in [5.74, 6) is 2.85. The number of ether oxygens (including phenoxy) is 4. The second-order valence-electron chi connectivity index (χ2n) is 5.91. The molecule has 26 heavy (non-hydrogen) atoms. The molecule has 2 aromatic rings. The van der Waals surface area contributed by atoms with Crippen LogP contribution in [0.4, 0.5) is 0 Å². The first-order valence-electron chi connectivity index (χ1n) is 8.33. The van der Waals surface area contributed by atoms with E-state index >= 15 is 0 Å². The Bertz CT molecular complexity index is 674. The van der Waals surface area contributed by atoms with E-state index in [0.29, 0.717) is 23.8 Å². The highest BCUT2D eigenvalue weighted by molar-refractivity contribution is 5.85. The van der Waals surface area contributed by atoms with Crippen molar-refractivity contribution in [1.29, 1.82) is 0 Å². The van der Waals surface area contributed by atoms with Crippen LogP contribution < -0.4 is 24.3 Å². The van der Waals surface area contributed by atoms with Gasteiger partial charge in [-0.25, -0.2) is 0 Å². The summed E-state index contributed by atoms with van der Waals surface area (Å²) in [6, 6.07) is 12.0. The van der Waals surface area contributed by atoms with Crippen LogP contribution in [0.5, 0.6) is 23.0 Å². The molecular weight excluding hydrogens is 354 g/mol. The zero-order chi connectivity index (χ0) is 18.2.